The normalized spacial score (nSPS) is 15.1. The zero-order chi connectivity index (χ0) is 15.5. The zero-order valence-corrected chi connectivity index (χ0v) is 13.4. The van der Waals surface area contributed by atoms with Gasteiger partial charge in [-0.05, 0) is 57.7 Å². The molecule has 21 heavy (non-hydrogen) atoms. The topological polar surface area (TPSA) is 54.5 Å². The molecule has 1 aromatic rings. The quantitative estimate of drug-likeness (QED) is 0.930. The van der Waals surface area contributed by atoms with Gasteiger partial charge in [0.05, 0.1) is 0 Å². The number of hydrogen-bond acceptors (Lipinski definition) is 4. The van der Waals surface area contributed by atoms with Gasteiger partial charge >= 0.3 is 6.09 Å². The van der Waals surface area contributed by atoms with Gasteiger partial charge in [0.25, 0.3) is 0 Å². The summed E-state index contributed by atoms with van der Waals surface area (Å²) in [5, 5.41) is 2.77. The Bertz CT molecular complexity index is 503. The van der Waals surface area contributed by atoms with E-state index in [9.17, 15) is 4.79 Å². The average molecular weight is 291 g/mol. The molecule has 5 nitrogen and oxygen atoms in total. The Balaban J connectivity index is 1.93. The summed E-state index contributed by atoms with van der Waals surface area (Å²) in [6.07, 6.45) is 3.93. The highest BCUT2D eigenvalue weighted by atomic mass is 16.6. The summed E-state index contributed by atoms with van der Waals surface area (Å²) >= 11 is 0. The Kier molecular flexibility index (Phi) is 4.70. The number of carbonyl (C=O) groups is 1. The van der Waals surface area contributed by atoms with Crippen molar-refractivity contribution < 1.29 is 9.53 Å². The molecule has 0 spiro atoms. The molecule has 0 radical (unpaired) electrons. The van der Waals surface area contributed by atoms with Crippen molar-refractivity contribution in [1.29, 1.82) is 0 Å². The van der Waals surface area contributed by atoms with Crippen molar-refractivity contribution in [3.63, 3.8) is 0 Å². The fourth-order valence-electron chi connectivity index (χ4n) is 2.36. The first-order valence-corrected chi connectivity index (χ1v) is 7.52. The van der Waals surface area contributed by atoms with Crippen LogP contribution in [0.15, 0.2) is 12.3 Å². The van der Waals surface area contributed by atoms with E-state index in [1.165, 1.54) is 12.8 Å². The highest BCUT2D eigenvalue weighted by molar-refractivity contribution is 5.67. The third-order valence-corrected chi connectivity index (χ3v) is 3.46. The number of aryl methyl sites for hydroxylation is 1. The Morgan fingerprint density at radius 1 is 1.38 bits per heavy atom. The van der Waals surface area contributed by atoms with E-state index in [0.717, 1.165) is 30.0 Å². The summed E-state index contributed by atoms with van der Waals surface area (Å²) in [7, 11) is 0. The predicted molar refractivity (Wildman–Crippen MR) is 83.5 cm³/mol. The van der Waals surface area contributed by atoms with E-state index in [1.807, 2.05) is 33.9 Å². The Hall–Kier alpha value is -1.78. The van der Waals surface area contributed by atoms with Crippen LogP contribution < -0.4 is 10.2 Å². The van der Waals surface area contributed by atoms with Crippen LogP contribution in [0.4, 0.5) is 10.6 Å². The molecule has 5 heteroatoms. The van der Waals surface area contributed by atoms with E-state index in [4.69, 9.17) is 4.74 Å². The maximum Gasteiger partial charge on any atom is 0.407 e. The molecule has 2 heterocycles. The summed E-state index contributed by atoms with van der Waals surface area (Å²) in [4.78, 5) is 18.5. The summed E-state index contributed by atoms with van der Waals surface area (Å²) in [6, 6.07) is 2.09. The van der Waals surface area contributed by atoms with Gasteiger partial charge in [-0.1, -0.05) is 0 Å². The van der Waals surface area contributed by atoms with Gasteiger partial charge in [0.2, 0.25) is 0 Å². The van der Waals surface area contributed by atoms with Crippen LogP contribution in [0.25, 0.3) is 0 Å². The maximum absolute atomic E-state index is 11.7. The van der Waals surface area contributed by atoms with E-state index >= 15 is 0 Å². The largest absolute Gasteiger partial charge is 0.444 e. The summed E-state index contributed by atoms with van der Waals surface area (Å²) in [5.74, 6) is 1.03. The summed E-state index contributed by atoms with van der Waals surface area (Å²) in [5.41, 5.74) is 1.68. The molecule has 1 aliphatic rings. The van der Waals surface area contributed by atoms with Crippen LogP contribution in [0.5, 0.6) is 0 Å². The average Bonchev–Trinajstić information content (AvgIpc) is 2.89. The lowest BCUT2D eigenvalue weighted by molar-refractivity contribution is 0.0523. The molecule has 0 aromatic carbocycles. The number of alkyl carbamates (subject to hydrolysis) is 1. The van der Waals surface area contributed by atoms with Crippen molar-refractivity contribution in [2.45, 2.75) is 52.7 Å². The highest BCUT2D eigenvalue weighted by Gasteiger charge is 2.17. The number of aromatic nitrogens is 1. The lowest BCUT2D eigenvalue weighted by Crippen LogP contribution is -2.32. The first-order valence-electron chi connectivity index (χ1n) is 7.52. The Morgan fingerprint density at radius 2 is 2.05 bits per heavy atom. The minimum Gasteiger partial charge on any atom is -0.444 e. The lowest BCUT2D eigenvalue weighted by atomic mass is 10.1. The molecule has 0 aliphatic carbocycles. The van der Waals surface area contributed by atoms with Crippen LogP contribution in [0.2, 0.25) is 0 Å². The fraction of sp³-hybridized carbons (Fsp3) is 0.625. The summed E-state index contributed by atoms with van der Waals surface area (Å²) in [6.45, 7) is 10.2. The SMILES string of the molecule is Cc1cc(N2CCCC2)ncc1CNC(=O)OC(C)(C)C. The number of ether oxygens (including phenoxy) is 1. The number of nitrogens with zero attached hydrogens (tertiary/aromatic N) is 2. The molecule has 0 atom stereocenters. The molecule has 0 bridgehead atoms. The van der Waals surface area contributed by atoms with E-state index < -0.39 is 11.7 Å². The van der Waals surface area contributed by atoms with Crippen LogP contribution in [-0.2, 0) is 11.3 Å². The molecule has 1 saturated heterocycles. The van der Waals surface area contributed by atoms with Crippen LogP contribution in [0.1, 0.15) is 44.7 Å². The van der Waals surface area contributed by atoms with Crippen molar-refractivity contribution in [3.05, 3.63) is 23.4 Å². The van der Waals surface area contributed by atoms with E-state index in [1.54, 1.807) is 0 Å². The molecule has 0 saturated carbocycles. The Morgan fingerprint density at radius 3 is 2.62 bits per heavy atom. The monoisotopic (exact) mass is 291 g/mol. The van der Waals surface area contributed by atoms with E-state index in [0.29, 0.717) is 6.54 Å². The predicted octanol–water partition coefficient (Wildman–Crippen LogP) is 3.01. The molecule has 116 valence electrons. The summed E-state index contributed by atoms with van der Waals surface area (Å²) < 4.78 is 5.23. The molecular weight excluding hydrogens is 266 g/mol. The third kappa shape index (κ3) is 4.62. The van der Waals surface area contributed by atoms with Gasteiger partial charge in [-0.2, -0.15) is 0 Å². The minimum absolute atomic E-state index is 0.398. The van der Waals surface area contributed by atoms with Crippen LogP contribution >= 0.6 is 0 Å². The number of hydrogen-bond donors (Lipinski definition) is 1. The number of amides is 1. The van der Waals surface area contributed by atoms with Crippen molar-refractivity contribution >= 4 is 11.9 Å². The Labute approximate surface area is 126 Å². The van der Waals surface area contributed by atoms with Crippen LogP contribution in [0.3, 0.4) is 0 Å². The lowest BCUT2D eigenvalue weighted by Gasteiger charge is -2.20. The molecule has 1 N–H and O–H groups in total. The number of carbonyl (C=O) groups excluding carboxylic acids is 1. The second-order valence-electron chi connectivity index (χ2n) is 6.52. The minimum atomic E-state index is -0.475. The maximum atomic E-state index is 11.7. The molecule has 1 aliphatic heterocycles. The highest BCUT2D eigenvalue weighted by Crippen LogP contribution is 2.20. The molecular formula is C16H25N3O2. The second kappa shape index (κ2) is 6.33. The van der Waals surface area contributed by atoms with Gasteiger partial charge in [0.1, 0.15) is 11.4 Å². The number of rotatable bonds is 3. The van der Waals surface area contributed by atoms with Crippen LogP contribution in [-0.4, -0.2) is 29.8 Å². The molecule has 1 amide bonds. The first-order chi connectivity index (χ1) is 9.85. The van der Waals surface area contributed by atoms with Crippen molar-refractivity contribution in [2.75, 3.05) is 18.0 Å². The fourth-order valence-corrected chi connectivity index (χ4v) is 2.36. The van der Waals surface area contributed by atoms with Crippen LogP contribution in [0, 0.1) is 6.92 Å². The first kappa shape index (κ1) is 15.6. The second-order valence-corrected chi connectivity index (χ2v) is 6.52. The number of pyridine rings is 1. The van der Waals surface area contributed by atoms with Gasteiger partial charge in [-0.15, -0.1) is 0 Å². The molecule has 1 fully saturated rings. The molecule has 2 rings (SSSR count). The van der Waals surface area contributed by atoms with Crippen molar-refractivity contribution in [3.8, 4) is 0 Å². The van der Waals surface area contributed by atoms with Gasteiger partial charge < -0.3 is 15.0 Å². The third-order valence-electron chi connectivity index (χ3n) is 3.46. The standard InChI is InChI=1S/C16H25N3O2/c1-12-9-14(19-7-5-6-8-19)17-10-13(12)11-18-15(20)21-16(2,3)4/h9-10H,5-8,11H2,1-4H3,(H,18,20). The van der Waals surface area contributed by atoms with Crippen molar-refractivity contribution in [2.24, 2.45) is 0 Å². The smallest absolute Gasteiger partial charge is 0.407 e. The van der Waals surface area contributed by atoms with E-state index in [-0.39, 0.29) is 0 Å². The van der Waals surface area contributed by atoms with E-state index in [2.05, 4.69) is 21.3 Å². The van der Waals surface area contributed by atoms with Gasteiger partial charge in [0, 0.05) is 25.8 Å². The van der Waals surface area contributed by atoms with Gasteiger partial charge in [0.15, 0.2) is 0 Å². The molecule has 1 aromatic heterocycles. The van der Waals surface area contributed by atoms with Crippen molar-refractivity contribution in [1.82, 2.24) is 10.3 Å². The van der Waals surface area contributed by atoms with Gasteiger partial charge in [-0.3, -0.25) is 0 Å². The molecule has 0 unspecified atom stereocenters. The number of anilines is 1. The zero-order valence-electron chi connectivity index (χ0n) is 13.4. The van der Waals surface area contributed by atoms with Gasteiger partial charge in [-0.25, -0.2) is 9.78 Å². The number of nitrogens with one attached hydrogen (secondary N) is 1.